The van der Waals surface area contributed by atoms with E-state index in [1.165, 1.54) is 20.5 Å². The van der Waals surface area contributed by atoms with Gasteiger partial charge in [0.25, 0.3) is 0 Å². The van der Waals surface area contributed by atoms with Crippen molar-refractivity contribution < 1.29 is 0 Å². The van der Waals surface area contributed by atoms with Crippen LogP contribution < -0.4 is 0 Å². The highest BCUT2D eigenvalue weighted by molar-refractivity contribution is 7.26. The first-order valence-electron chi connectivity index (χ1n) is 22.7. The van der Waals surface area contributed by atoms with Gasteiger partial charge >= 0.3 is 0 Å². The van der Waals surface area contributed by atoms with Crippen LogP contribution in [0.3, 0.4) is 0 Å². The zero-order valence-corrected chi connectivity index (χ0v) is 38.2. The van der Waals surface area contributed by atoms with E-state index in [-0.39, 0.29) is 0 Å². The SMILES string of the molecule is c1ccc(-c2ccc(-c3nc(-c4cccc(-c5cc(-c6ccccc6)cc(-c6nc(-c7ccc(-c8ccccc8)cc7)nc7sc8ccccc8c67)c5)c4)c4c(n3)sc3ccccc34)cc2)cc1. The summed E-state index contributed by atoms with van der Waals surface area (Å²) in [6, 6.07) is 81.7. The Hall–Kier alpha value is -8.42. The van der Waals surface area contributed by atoms with Crippen LogP contribution >= 0.6 is 22.7 Å². The van der Waals surface area contributed by atoms with E-state index in [0.717, 1.165) is 98.2 Å². The van der Waals surface area contributed by atoms with Gasteiger partial charge in [0.15, 0.2) is 11.6 Å². The highest BCUT2D eigenvalue weighted by atomic mass is 32.1. The third kappa shape index (κ3) is 7.24. The van der Waals surface area contributed by atoms with Crippen molar-refractivity contribution in [3.63, 3.8) is 0 Å². The summed E-state index contributed by atoms with van der Waals surface area (Å²) in [7, 11) is 0. The van der Waals surface area contributed by atoms with E-state index in [4.69, 9.17) is 19.9 Å². The summed E-state index contributed by atoms with van der Waals surface area (Å²) in [5, 5.41) is 4.46. The van der Waals surface area contributed by atoms with Gasteiger partial charge in [-0.1, -0.05) is 194 Å². The molecule has 0 fully saturated rings. The molecule has 4 heterocycles. The van der Waals surface area contributed by atoms with Crippen molar-refractivity contribution in [2.45, 2.75) is 0 Å². The number of thiophene rings is 2. The molecule has 0 aliphatic rings. The van der Waals surface area contributed by atoms with Crippen molar-refractivity contribution in [3.8, 4) is 89.8 Å². The van der Waals surface area contributed by atoms with Crippen molar-refractivity contribution in [2.24, 2.45) is 0 Å². The topological polar surface area (TPSA) is 51.6 Å². The Morgan fingerprint density at radius 1 is 0.235 bits per heavy atom. The first-order chi connectivity index (χ1) is 33.7. The zero-order valence-electron chi connectivity index (χ0n) is 36.5. The maximum Gasteiger partial charge on any atom is 0.161 e. The molecule has 0 aliphatic carbocycles. The second-order valence-corrected chi connectivity index (χ2v) is 19.0. The molecule has 68 heavy (non-hydrogen) atoms. The maximum absolute atomic E-state index is 5.50. The van der Waals surface area contributed by atoms with Crippen LogP contribution in [0.2, 0.25) is 0 Å². The number of hydrogen-bond acceptors (Lipinski definition) is 6. The van der Waals surface area contributed by atoms with Crippen LogP contribution in [0, 0.1) is 0 Å². The Morgan fingerprint density at radius 2 is 0.574 bits per heavy atom. The lowest BCUT2D eigenvalue weighted by Crippen LogP contribution is -1.95. The Balaban J connectivity index is 0.982. The molecule has 0 radical (unpaired) electrons. The van der Waals surface area contributed by atoms with Gasteiger partial charge in [-0.25, -0.2) is 19.9 Å². The molecule has 4 nitrogen and oxygen atoms in total. The minimum atomic E-state index is 0.702. The van der Waals surface area contributed by atoms with Crippen LogP contribution in [0.25, 0.3) is 130 Å². The van der Waals surface area contributed by atoms with E-state index in [9.17, 15) is 0 Å². The van der Waals surface area contributed by atoms with E-state index in [2.05, 4.69) is 218 Å². The molecule has 318 valence electrons. The monoisotopic (exact) mass is 902 g/mol. The number of benzene rings is 9. The Kier molecular flexibility index (Phi) is 9.85. The van der Waals surface area contributed by atoms with Gasteiger partial charge in [0.05, 0.1) is 11.4 Å². The minimum absolute atomic E-state index is 0.702. The molecule has 6 heteroatoms. The van der Waals surface area contributed by atoms with Crippen molar-refractivity contribution in [3.05, 3.63) is 231 Å². The third-order valence-electron chi connectivity index (χ3n) is 12.8. The summed E-state index contributed by atoms with van der Waals surface area (Å²) < 4.78 is 2.38. The fourth-order valence-electron chi connectivity index (χ4n) is 9.38. The van der Waals surface area contributed by atoms with Crippen LogP contribution in [0.5, 0.6) is 0 Å². The molecule has 9 aromatic carbocycles. The molecule has 13 rings (SSSR count). The number of hydrogen-bond donors (Lipinski definition) is 0. The molecule has 0 atom stereocenters. The molecule has 0 saturated heterocycles. The second-order valence-electron chi connectivity index (χ2n) is 17.0. The Bertz CT molecular complexity index is 3990. The van der Waals surface area contributed by atoms with Gasteiger partial charge in [0, 0.05) is 53.2 Å². The van der Waals surface area contributed by atoms with Gasteiger partial charge in [-0.05, 0) is 80.9 Å². The molecule has 0 N–H and O–H groups in total. The third-order valence-corrected chi connectivity index (χ3v) is 14.9. The molecule has 0 unspecified atom stereocenters. The summed E-state index contributed by atoms with van der Waals surface area (Å²) in [5.41, 5.74) is 14.9. The molecular formula is C62H38N4S2. The van der Waals surface area contributed by atoms with Gasteiger partial charge in [0.2, 0.25) is 0 Å². The van der Waals surface area contributed by atoms with Crippen LogP contribution in [0.15, 0.2) is 231 Å². The number of fused-ring (bicyclic) bond motifs is 6. The van der Waals surface area contributed by atoms with E-state index >= 15 is 0 Å². The minimum Gasteiger partial charge on any atom is -0.227 e. The van der Waals surface area contributed by atoms with Gasteiger partial charge in [-0.2, -0.15) is 0 Å². The smallest absolute Gasteiger partial charge is 0.161 e. The number of nitrogens with zero attached hydrogens (tertiary/aromatic N) is 4. The van der Waals surface area contributed by atoms with Crippen molar-refractivity contribution in [1.82, 2.24) is 19.9 Å². The molecule has 13 aromatic rings. The van der Waals surface area contributed by atoms with E-state index in [0.29, 0.717) is 11.6 Å². The summed E-state index contributed by atoms with van der Waals surface area (Å²) in [6.45, 7) is 0. The fourth-order valence-corrected chi connectivity index (χ4v) is 11.5. The average Bonchev–Trinajstić information content (AvgIpc) is 4.00. The van der Waals surface area contributed by atoms with Gasteiger partial charge < -0.3 is 0 Å². The maximum atomic E-state index is 5.50. The lowest BCUT2D eigenvalue weighted by Gasteiger charge is -2.14. The summed E-state index contributed by atoms with van der Waals surface area (Å²) in [6.07, 6.45) is 0. The van der Waals surface area contributed by atoms with Gasteiger partial charge in [-0.3, -0.25) is 0 Å². The number of rotatable bonds is 8. The highest BCUT2D eigenvalue weighted by Gasteiger charge is 2.21. The zero-order chi connectivity index (χ0) is 45.0. The average molecular weight is 903 g/mol. The van der Waals surface area contributed by atoms with Crippen LogP contribution in [0.1, 0.15) is 0 Å². The van der Waals surface area contributed by atoms with Gasteiger partial charge in [0.1, 0.15) is 9.66 Å². The first-order valence-corrected chi connectivity index (χ1v) is 24.3. The van der Waals surface area contributed by atoms with E-state index in [1.807, 2.05) is 12.1 Å². The largest absolute Gasteiger partial charge is 0.227 e. The molecule has 0 spiro atoms. The predicted octanol–water partition coefficient (Wildman–Crippen LogP) is 17.3. The van der Waals surface area contributed by atoms with Crippen LogP contribution in [0.4, 0.5) is 0 Å². The lowest BCUT2D eigenvalue weighted by atomic mass is 9.92. The molecule has 0 amide bonds. The summed E-state index contributed by atoms with van der Waals surface area (Å²) >= 11 is 3.44. The Labute approximate surface area is 401 Å². The molecule has 0 aliphatic heterocycles. The normalized spacial score (nSPS) is 11.5. The van der Waals surface area contributed by atoms with Crippen molar-refractivity contribution in [1.29, 1.82) is 0 Å². The molecule has 0 saturated carbocycles. The van der Waals surface area contributed by atoms with Crippen molar-refractivity contribution in [2.75, 3.05) is 0 Å². The lowest BCUT2D eigenvalue weighted by molar-refractivity contribution is 1.24. The van der Waals surface area contributed by atoms with E-state index < -0.39 is 0 Å². The second kappa shape index (κ2) is 16.8. The standard InChI is InChI=1S/C62H38N4S2/c1-4-15-39(16-5-1)42-27-31-44(32-28-42)59-63-57(55-51-23-10-12-25-53(51)67-61(55)65-59)47-22-14-21-46(35-47)49-36-48(41-19-8-3-9-20-41)37-50(38-49)58-56-52-24-11-13-26-54(52)68-62(56)66-60(64-58)45-33-29-43(30-34-45)40-17-6-2-7-18-40/h1-38H. The van der Waals surface area contributed by atoms with Crippen LogP contribution in [-0.4, -0.2) is 19.9 Å². The number of aromatic nitrogens is 4. The van der Waals surface area contributed by atoms with E-state index in [1.54, 1.807) is 22.7 Å². The molecular weight excluding hydrogens is 865 g/mol. The molecule has 0 bridgehead atoms. The predicted molar refractivity (Wildman–Crippen MR) is 287 cm³/mol. The molecule has 4 aromatic heterocycles. The highest BCUT2D eigenvalue weighted by Crippen LogP contribution is 2.44. The summed E-state index contributed by atoms with van der Waals surface area (Å²) in [4.78, 5) is 23.4. The summed E-state index contributed by atoms with van der Waals surface area (Å²) in [5.74, 6) is 1.41. The van der Waals surface area contributed by atoms with Crippen LogP contribution in [-0.2, 0) is 0 Å². The quantitative estimate of drug-likeness (QED) is 0.152. The van der Waals surface area contributed by atoms with Gasteiger partial charge in [-0.15, -0.1) is 22.7 Å². The Morgan fingerprint density at radius 3 is 1.07 bits per heavy atom. The van der Waals surface area contributed by atoms with Crippen molar-refractivity contribution >= 4 is 63.3 Å². The fraction of sp³-hybridized carbons (Fsp3) is 0. The first kappa shape index (κ1) is 39.9.